The van der Waals surface area contributed by atoms with Crippen LogP contribution in [0.1, 0.15) is 105 Å². The van der Waals surface area contributed by atoms with E-state index in [1.165, 1.54) is 52.2 Å². The number of nitrogens with one attached hydrogen (secondary N) is 7. The van der Waals surface area contributed by atoms with Gasteiger partial charge in [-0.2, -0.15) is 0 Å². The molecule has 2 aliphatic carbocycles. The van der Waals surface area contributed by atoms with Crippen molar-refractivity contribution in [1.82, 2.24) is 40.9 Å². The highest BCUT2D eigenvalue weighted by Gasteiger charge is 2.56. The third-order valence-corrected chi connectivity index (χ3v) is 22.2. The Labute approximate surface area is 638 Å². The van der Waals surface area contributed by atoms with Crippen LogP contribution in [-0.2, 0) is 67.4 Å². The molecule has 37 nitrogen and oxygen atoms in total. The second-order valence-corrected chi connectivity index (χ2v) is 34.0. The Morgan fingerprint density at radius 2 is 0.945 bits per heavy atom. The van der Waals surface area contributed by atoms with Crippen LogP contribution in [-0.4, -0.2) is 267 Å². The number of benzene rings is 3. The average Bonchev–Trinajstić information content (AvgIpc) is 0.766. The molecule has 0 radical (unpaired) electrons. The topological polar surface area (TPSA) is 507 Å². The standard InChI is InChI=1S/C39H55N5O14S.C32H51N5O13S/c1-22-19-26(42-59(52,53)28-16-12-11-15-27(28)44(50)51)32(57-36-30(46)33(39(5,49)21-54-36)43(7)34(47)23-13-9-8-10-14-23)29(45)31(22)56-35-25(18-17-24(55-35)20-40-6)41-37(48)58-38(2,3)4;1-17-14-20(36-51(44,45)22-11-9-8-10-21(22)37(42)43)26(49-29-24(39)27(34-7)32(5,41)16-46-29)23(38)25(17)48-28-19(13-12-18(47-28)15-33-6)35-30(40)50-31(2,3)4/h8-17,22,25-26,29-33,35-36,40,42,45-46,49H,18-21H2,1-7H3,(H,41,48);8-12,17,19-20,23-29,33-34,36,38-39,41H,13-16H2,1-7H3,(H,35,40)/t22-,25+,26+,29-,30+,31+,32-,33+,35+,36+,39-;17-,19+,20+,23-,24+,25+,26-,27+,28+,29+,32-/m00/s1. The van der Waals surface area contributed by atoms with Gasteiger partial charge in [0.15, 0.2) is 22.4 Å². The summed E-state index contributed by atoms with van der Waals surface area (Å²) < 4.78 is 120. The van der Waals surface area contributed by atoms with Gasteiger partial charge < -0.3 is 109 Å². The highest BCUT2D eigenvalue weighted by atomic mass is 32.2. The van der Waals surface area contributed by atoms with E-state index in [9.17, 15) is 82.1 Å². The molecule has 2 saturated carbocycles. The van der Waals surface area contributed by atoms with E-state index < -0.39 is 220 Å². The summed E-state index contributed by atoms with van der Waals surface area (Å²) in [4.78, 5) is 61.0. The largest absolute Gasteiger partial charge is 0.466 e. The fraction of sp³-hybridized carbons (Fsp3) is 0.648. The van der Waals surface area contributed by atoms with E-state index in [0.717, 1.165) is 29.2 Å². The smallest absolute Gasteiger partial charge is 0.408 e. The first kappa shape index (κ1) is 88.3. The molecule has 4 aliphatic heterocycles. The molecule has 4 fully saturated rings. The molecule has 614 valence electrons. The number of nitrogens with zero attached hydrogens (tertiary/aromatic N) is 3. The summed E-state index contributed by atoms with van der Waals surface area (Å²) in [6.07, 6.45) is -14.7. The molecule has 3 aromatic carbocycles. The van der Waals surface area contributed by atoms with E-state index in [2.05, 4.69) is 36.0 Å². The van der Waals surface area contributed by atoms with Crippen molar-refractivity contribution in [3.8, 4) is 0 Å². The normalized spacial score (nSPS) is 32.8. The van der Waals surface area contributed by atoms with E-state index in [0.29, 0.717) is 31.0 Å². The highest BCUT2D eigenvalue weighted by Crippen LogP contribution is 2.40. The van der Waals surface area contributed by atoms with E-state index >= 15 is 0 Å². The van der Waals surface area contributed by atoms with Crippen molar-refractivity contribution in [3.05, 3.63) is 128 Å². The van der Waals surface area contributed by atoms with Gasteiger partial charge in [-0.1, -0.05) is 56.3 Å². The second-order valence-electron chi connectivity index (χ2n) is 30.6. The van der Waals surface area contributed by atoms with Gasteiger partial charge in [0.25, 0.3) is 17.3 Å². The maximum atomic E-state index is 13.9. The molecule has 0 aromatic heterocycles. The average molecular weight is 1600 g/mol. The third-order valence-electron chi connectivity index (χ3n) is 19.2. The number of carbonyl (C=O) groups is 3. The molecule has 22 atom stereocenters. The fourth-order valence-electron chi connectivity index (χ4n) is 14.2. The van der Waals surface area contributed by atoms with Gasteiger partial charge in [0.1, 0.15) is 70.5 Å². The van der Waals surface area contributed by atoms with Gasteiger partial charge in [-0.15, -0.1) is 0 Å². The van der Waals surface area contributed by atoms with E-state index in [-0.39, 0.29) is 31.4 Å². The number of rotatable bonds is 25. The quantitative estimate of drug-likeness (QED) is 0.0426. The number of sulfonamides is 2. The number of para-hydroxylation sites is 2. The molecule has 6 aliphatic rings. The molecular weight excluding hydrogens is 1490 g/mol. The number of hydrogen-bond acceptors (Lipinski definition) is 30. The van der Waals surface area contributed by atoms with Crippen molar-refractivity contribution in [2.45, 2.75) is 237 Å². The molecule has 4 heterocycles. The minimum Gasteiger partial charge on any atom is -0.466 e. The monoisotopic (exact) mass is 1590 g/mol. The lowest BCUT2D eigenvalue weighted by Gasteiger charge is -2.50. The van der Waals surface area contributed by atoms with Crippen molar-refractivity contribution < 1.29 is 119 Å². The van der Waals surface area contributed by atoms with Crippen molar-refractivity contribution in [2.75, 3.05) is 54.5 Å². The number of nitro benzene ring substituents is 2. The molecule has 0 bridgehead atoms. The summed E-state index contributed by atoms with van der Waals surface area (Å²) in [6, 6.07) is 11.4. The summed E-state index contributed by atoms with van der Waals surface area (Å²) in [7, 11) is -2.89. The number of nitro groups is 2. The first-order chi connectivity index (χ1) is 51.4. The van der Waals surface area contributed by atoms with Gasteiger partial charge in [-0.05, 0) is 150 Å². The molecule has 9 rings (SSSR count). The Morgan fingerprint density at radius 3 is 1.34 bits per heavy atom. The fourth-order valence-corrected chi connectivity index (χ4v) is 17.0. The predicted octanol–water partition coefficient (Wildman–Crippen LogP) is 1.98. The van der Waals surface area contributed by atoms with Crippen LogP contribution in [0.25, 0.3) is 0 Å². The van der Waals surface area contributed by atoms with Crippen molar-refractivity contribution in [2.24, 2.45) is 11.8 Å². The van der Waals surface area contributed by atoms with Gasteiger partial charge in [0, 0.05) is 24.7 Å². The van der Waals surface area contributed by atoms with Crippen molar-refractivity contribution in [3.63, 3.8) is 0 Å². The molecule has 13 N–H and O–H groups in total. The number of aliphatic hydroxyl groups excluding tert-OH is 4. The number of hydrogen-bond donors (Lipinski definition) is 13. The first-order valence-corrected chi connectivity index (χ1v) is 38.9. The number of alkyl carbamates (subject to hydrolysis) is 2. The summed E-state index contributed by atoms with van der Waals surface area (Å²) in [6.45, 7) is 16.4. The zero-order chi connectivity index (χ0) is 81.3. The summed E-state index contributed by atoms with van der Waals surface area (Å²) in [5.41, 5.74) is -5.96. The van der Waals surface area contributed by atoms with Crippen LogP contribution in [0, 0.1) is 32.1 Å². The van der Waals surface area contributed by atoms with Crippen LogP contribution in [0.5, 0.6) is 0 Å². The van der Waals surface area contributed by atoms with Crippen molar-refractivity contribution in [1.29, 1.82) is 0 Å². The summed E-state index contributed by atoms with van der Waals surface area (Å²) >= 11 is 0. The van der Waals surface area contributed by atoms with Gasteiger partial charge in [0.05, 0.1) is 84.6 Å². The zero-order valence-electron chi connectivity index (χ0n) is 63.8. The lowest BCUT2D eigenvalue weighted by molar-refractivity contribution is -0.388. The molecule has 0 unspecified atom stereocenters. The Morgan fingerprint density at radius 1 is 0.564 bits per heavy atom. The number of carbonyl (C=O) groups excluding carboxylic acids is 3. The molecule has 0 spiro atoms. The Bertz CT molecular complexity index is 3960. The van der Waals surface area contributed by atoms with Gasteiger partial charge >= 0.3 is 12.2 Å². The van der Waals surface area contributed by atoms with Crippen LogP contribution in [0.2, 0.25) is 0 Å². The molecule has 110 heavy (non-hydrogen) atoms. The molecular formula is C71H106N10O27S2. The maximum Gasteiger partial charge on any atom is 0.408 e. The van der Waals surface area contributed by atoms with Crippen LogP contribution in [0.15, 0.2) is 112 Å². The summed E-state index contributed by atoms with van der Waals surface area (Å²) in [5, 5.41) is 107. The van der Waals surface area contributed by atoms with Crippen LogP contribution >= 0.6 is 0 Å². The van der Waals surface area contributed by atoms with Gasteiger partial charge in [-0.3, -0.25) is 25.0 Å². The number of ether oxygens (including phenoxy) is 10. The highest BCUT2D eigenvalue weighted by molar-refractivity contribution is 7.90. The minimum absolute atomic E-state index is 0.0155. The lowest BCUT2D eigenvalue weighted by Crippen LogP contribution is -2.69. The molecule has 3 aromatic rings. The Kier molecular flexibility index (Phi) is 29.5. The zero-order valence-corrected chi connectivity index (χ0v) is 65.4. The Balaban J connectivity index is 0.000000280. The number of aliphatic hydroxyl groups is 6. The van der Waals surface area contributed by atoms with Crippen LogP contribution < -0.4 is 36.0 Å². The minimum atomic E-state index is -4.67. The molecule has 39 heteroatoms. The SMILES string of the molecule is CNCC1=CC[C@@H](NC(=O)OC(C)(C)C)[C@@H](O[C@H]2[C@H](O)[C@@H](O[C@H]3OC[C@](C)(O)[C@H](N(C)C(=O)c4ccccc4)[C@H]3O)[C@H](NS(=O)(=O)c3ccccc3[N+](=O)[O-])C[C@@H]2C)O1.CNCC1=CC[C@@H](NC(=O)OC(C)(C)C)[C@@H](O[C@H]2[C@H](O)[C@@H](O[C@H]3OC[C@](C)(O)[C@H](NC)[C@H]3O)[C@H](NS(=O)(=O)c3ccccc3[N+](=O)[O-])C[C@@H]2C)O1. The lowest BCUT2D eigenvalue weighted by atomic mass is 9.80. The predicted molar refractivity (Wildman–Crippen MR) is 391 cm³/mol. The number of amides is 3. The van der Waals surface area contributed by atoms with Gasteiger partial charge in [-0.25, -0.2) is 35.9 Å². The molecule has 2 saturated heterocycles. The van der Waals surface area contributed by atoms with E-state index in [1.54, 1.807) is 112 Å². The first-order valence-electron chi connectivity index (χ1n) is 35.9. The van der Waals surface area contributed by atoms with E-state index in [4.69, 9.17) is 47.4 Å². The third kappa shape index (κ3) is 22.2. The van der Waals surface area contributed by atoms with E-state index in [1.807, 2.05) is 0 Å². The Hall–Kier alpha value is -7.23. The van der Waals surface area contributed by atoms with Crippen molar-refractivity contribution >= 4 is 49.5 Å². The number of likely N-dealkylation sites (N-methyl/N-ethyl adjacent to an activating group) is 4. The van der Waals surface area contributed by atoms with Crippen LogP contribution in [0.3, 0.4) is 0 Å². The second kappa shape index (κ2) is 36.7. The molecule has 3 amide bonds. The maximum absolute atomic E-state index is 13.9. The van der Waals surface area contributed by atoms with Crippen LogP contribution in [0.4, 0.5) is 21.0 Å². The van der Waals surface area contributed by atoms with Gasteiger partial charge in [0.2, 0.25) is 32.6 Å². The summed E-state index contributed by atoms with van der Waals surface area (Å²) in [5.74, 6) is -0.765.